The number of rotatable bonds is 4. The van der Waals surface area contributed by atoms with Crippen LogP contribution in [0.2, 0.25) is 0 Å². The average molecular weight is 147 g/mol. The molecule has 0 aliphatic rings. The van der Waals surface area contributed by atoms with Gasteiger partial charge in [0, 0.05) is 10.5 Å². The van der Waals surface area contributed by atoms with Gasteiger partial charge in [0.15, 0.2) is 0 Å². The van der Waals surface area contributed by atoms with Crippen LogP contribution in [0, 0.1) is 5.92 Å². The Labute approximate surface area is 66.8 Å². The molecule has 0 saturated heterocycles. The Balaban J connectivity index is 3.63. The fourth-order valence-electron chi connectivity index (χ4n) is 0.396. The average Bonchev–Trinajstić information content (AvgIpc) is 1.97. The van der Waals surface area contributed by atoms with Crippen LogP contribution in [0.5, 0.6) is 0 Å². The Kier molecular flexibility index (Phi) is 2.72. The molecule has 0 N–H and O–H groups in total. The van der Waals surface area contributed by atoms with Crippen molar-refractivity contribution in [1.82, 2.24) is 0 Å². The highest BCUT2D eigenvalue weighted by Gasteiger charge is 2.01. The molecule has 0 aliphatic carbocycles. The number of esters is 1. The van der Waals surface area contributed by atoms with E-state index in [-0.39, 0.29) is 24.9 Å². The van der Waals surface area contributed by atoms with Crippen LogP contribution in [-0.2, 0) is 9.53 Å². The molecule has 10 heavy (non-hydrogen) atoms. The monoisotopic (exact) mass is 147 g/mol. The molecule has 0 aromatic heterocycles. The van der Waals surface area contributed by atoms with Gasteiger partial charge >= 0.3 is 5.97 Å². The van der Waals surface area contributed by atoms with Crippen molar-refractivity contribution < 1.29 is 13.6 Å². The topological polar surface area (TPSA) is 26.3 Å². The molecule has 1 unspecified atom stereocenters. The van der Waals surface area contributed by atoms with Crippen molar-refractivity contribution >= 4 is 5.97 Å². The first-order valence-electron chi connectivity index (χ1n) is 5.00. The van der Waals surface area contributed by atoms with Crippen LogP contribution in [0.4, 0.5) is 0 Å². The molecule has 60 valence electrons. The van der Waals surface area contributed by atoms with E-state index in [1.54, 1.807) is 13.8 Å². The van der Waals surface area contributed by atoms with Gasteiger partial charge in [-0.05, 0) is 5.92 Å². The van der Waals surface area contributed by atoms with Gasteiger partial charge < -0.3 is 4.74 Å². The van der Waals surface area contributed by atoms with Crippen LogP contribution < -0.4 is 0 Å². The molecule has 0 aromatic carbocycles. The predicted molar refractivity (Wildman–Crippen MR) is 40.7 cm³/mol. The summed E-state index contributed by atoms with van der Waals surface area (Å²) in [6.07, 6.45) is 0.421. The molecule has 1 atom stereocenters. The molecule has 0 bridgehead atoms. The van der Waals surface area contributed by atoms with Gasteiger partial charge in [0.1, 0.15) is 0 Å². The van der Waals surface area contributed by atoms with Crippen molar-refractivity contribution in [2.24, 2.45) is 5.92 Å². The summed E-state index contributed by atoms with van der Waals surface area (Å²) < 4.78 is 25.8. The van der Waals surface area contributed by atoms with Crippen LogP contribution in [0.1, 0.15) is 37.7 Å². The van der Waals surface area contributed by atoms with E-state index >= 15 is 0 Å². The molecule has 0 heterocycles. The minimum Gasteiger partial charge on any atom is -0.465 e. The summed E-state index contributed by atoms with van der Waals surface area (Å²) in [6, 6.07) is 0. The number of carbonyl (C=O) groups excluding carboxylic acids is 1. The molecule has 2 nitrogen and oxygen atoms in total. The largest absolute Gasteiger partial charge is 0.465 e. The molecule has 0 aromatic rings. The maximum absolute atomic E-state index is 10.7. The maximum atomic E-state index is 10.7. The second-order valence-electron chi connectivity index (χ2n) is 2.35. The molecular weight excluding hydrogens is 128 g/mol. The first-order chi connectivity index (χ1) is 5.85. The fraction of sp³-hybridized carbons (Fsp3) is 0.875. The zero-order valence-electron chi connectivity index (χ0n) is 9.52. The van der Waals surface area contributed by atoms with E-state index in [0.29, 0.717) is 6.42 Å². The highest BCUT2D eigenvalue weighted by molar-refractivity contribution is 5.68. The molecule has 0 rings (SSSR count). The number of hydrogen-bond acceptors (Lipinski definition) is 2. The number of ether oxygens (including phenoxy) is 1. The lowest BCUT2D eigenvalue weighted by molar-refractivity contribution is -0.144. The first-order valence-corrected chi connectivity index (χ1v) is 3.50. The standard InChI is InChI=1S/C8H16O2/c1-4-7(3)6-10-8(9)5-2/h7H,4-6H2,1-3H3/i1D3. The molecule has 0 radical (unpaired) electrons. The van der Waals surface area contributed by atoms with Crippen LogP contribution in [-0.4, -0.2) is 12.6 Å². The third-order valence-corrected chi connectivity index (χ3v) is 1.17. The summed E-state index contributed by atoms with van der Waals surface area (Å²) in [6.45, 7) is 1.73. The fourth-order valence-corrected chi connectivity index (χ4v) is 0.396. The summed E-state index contributed by atoms with van der Waals surface area (Å²) in [5.74, 6) is -0.389. The van der Waals surface area contributed by atoms with Crippen molar-refractivity contribution in [2.45, 2.75) is 33.5 Å². The van der Waals surface area contributed by atoms with Crippen molar-refractivity contribution in [1.29, 1.82) is 0 Å². The van der Waals surface area contributed by atoms with Crippen molar-refractivity contribution in [3.63, 3.8) is 0 Å². The molecule has 0 amide bonds. The van der Waals surface area contributed by atoms with Gasteiger partial charge in [-0.1, -0.05) is 27.1 Å². The van der Waals surface area contributed by atoms with Crippen molar-refractivity contribution in [3.8, 4) is 0 Å². The number of hydrogen-bond donors (Lipinski definition) is 0. The minimum atomic E-state index is -1.93. The Morgan fingerprint density at radius 3 is 3.00 bits per heavy atom. The lowest BCUT2D eigenvalue weighted by atomic mass is 10.1. The van der Waals surface area contributed by atoms with Gasteiger partial charge in [-0.3, -0.25) is 4.79 Å². The SMILES string of the molecule is [2H]C([2H])([2H])CC(C)COC(=O)CC. The molecule has 0 fully saturated rings. The van der Waals surface area contributed by atoms with Crippen molar-refractivity contribution in [2.75, 3.05) is 6.61 Å². The van der Waals surface area contributed by atoms with E-state index in [9.17, 15) is 4.79 Å². The third-order valence-electron chi connectivity index (χ3n) is 1.17. The maximum Gasteiger partial charge on any atom is 0.305 e. The summed E-state index contributed by atoms with van der Waals surface area (Å²) >= 11 is 0. The van der Waals surface area contributed by atoms with E-state index in [1.807, 2.05) is 0 Å². The van der Waals surface area contributed by atoms with Gasteiger partial charge in [-0.15, -0.1) is 0 Å². The molecule has 0 aliphatic heterocycles. The third kappa shape index (κ3) is 4.36. The van der Waals surface area contributed by atoms with Crippen LogP contribution in [0.15, 0.2) is 0 Å². The zero-order chi connectivity index (χ0) is 10.5. The summed E-state index contributed by atoms with van der Waals surface area (Å²) in [5.41, 5.74) is 0. The van der Waals surface area contributed by atoms with Gasteiger partial charge in [0.05, 0.1) is 6.61 Å². The summed E-state index contributed by atoms with van der Waals surface area (Å²) in [5, 5.41) is 0. The molecule has 2 heteroatoms. The van der Waals surface area contributed by atoms with Crippen LogP contribution in [0.25, 0.3) is 0 Å². The quantitative estimate of drug-likeness (QED) is 0.568. The smallest absolute Gasteiger partial charge is 0.305 e. The lowest BCUT2D eigenvalue weighted by Gasteiger charge is -2.07. The Morgan fingerprint density at radius 1 is 1.80 bits per heavy atom. The van der Waals surface area contributed by atoms with E-state index in [2.05, 4.69) is 0 Å². The molecule has 0 saturated carbocycles. The van der Waals surface area contributed by atoms with E-state index in [4.69, 9.17) is 8.85 Å². The van der Waals surface area contributed by atoms with Gasteiger partial charge in [-0.25, -0.2) is 0 Å². The van der Waals surface area contributed by atoms with Crippen LogP contribution in [0.3, 0.4) is 0 Å². The van der Waals surface area contributed by atoms with Gasteiger partial charge in [-0.2, -0.15) is 0 Å². The van der Waals surface area contributed by atoms with Crippen LogP contribution >= 0.6 is 0 Å². The second-order valence-corrected chi connectivity index (χ2v) is 2.35. The second kappa shape index (κ2) is 5.27. The van der Waals surface area contributed by atoms with Gasteiger partial charge in [0.25, 0.3) is 0 Å². The minimum absolute atomic E-state index is 0.0873. The normalized spacial score (nSPS) is 18.4. The molecular formula is C8H16O2. The Hall–Kier alpha value is -0.530. The number of carbonyl (C=O) groups is 1. The Morgan fingerprint density at radius 2 is 2.50 bits per heavy atom. The molecule has 0 spiro atoms. The summed E-state index contributed by atoms with van der Waals surface area (Å²) in [7, 11) is 0. The lowest BCUT2D eigenvalue weighted by Crippen LogP contribution is -2.09. The van der Waals surface area contributed by atoms with E-state index in [0.717, 1.165) is 0 Å². The zero-order valence-corrected chi connectivity index (χ0v) is 6.52. The highest BCUT2D eigenvalue weighted by Crippen LogP contribution is 2.00. The van der Waals surface area contributed by atoms with E-state index in [1.165, 1.54) is 0 Å². The van der Waals surface area contributed by atoms with E-state index < -0.39 is 6.85 Å². The summed E-state index contributed by atoms with van der Waals surface area (Å²) in [4.78, 5) is 10.7. The Bertz CT molecular complexity index is 165. The highest BCUT2D eigenvalue weighted by atomic mass is 16.5. The predicted octanol–water partition coefficient (Wildman–Crippen LogP) is 1.99. The van der Waals surface area contributed by atoms with Crippen molar-refractivity contribution in [3.05, 3.63) is 0 Å². The first kappa shape index (κ1) is 5.16. The van der Waals surface area contributed by atoms with Gasteiger partial charge in [0.2, 0.25) is 0 Å².